The van der Waals surface area contributed by atoms with Crippen molar-refractivity contribution in [2.45, 2.75) is 13.5 Å². The molecule has 0 spiro atoms. The van der Waals surface area contributed by atoms with Crippen LogP contribution in [0.15, 0.2) is 42.5 Å². The van der Waals surface area contributed by atoms with Gasteiger partial charge in [0.05, 0.1) is 7.11 Å². The lowest BCUT2D eigenvalue weighted by atomic mass is 10.1. The van der Waals surface area contributed by atoms with Gasteiger partial charge in [0.25, 0.3) is 5.91 Å². The summed E-state index contributed by atoms with van der Waals surface area (Å²) in [5, 5.41) is 2.93. The molecule has 0 aliphatic rings. The van der Waals surface area contributed by atoms with Gasteiger partial charge in [0, 0.05) is 37.5 Å². The van der Waals surface area contributed by atoms with Gasteiger partial charge >= 0.3 is 0 Å². The highest BCUT2D eigenvalue weighted by Gasteiger charge is 2.08. The highest BCUT2D eigenvalue weighted by molar-refractivity contribution is 5.94. The fraction of sp³-hybridized carbons (Fsp3) is 0.278. The molecule has 0 aromatic heterocycles. The molecule has 0 fully saturated rings. The van der Waals surface area contributed by atoms with Gasteiger partial charge in [-0.1, -0.05) is 17.7 Å². The SMILES string of the molecule is COc1ccc(C)cc1CNC(=O)c1ccc(N(C)C)cc1. The number of ether oxygens (including phenoxy) is 1. The van der Waals surface area contributed by atoms with Crippen molar-refractivity contribution >= 4 is 11.6 Å². The van der Waals surface area contributed by atoms with Crippen LogP contribution in [0.5, 0.6) is 5.75 Å². The molecule has 116 valence electrons. The third-order valence-corrected chi connectivity index (χ3v) is 3.52. The molecule has 4 nitrogen and oxygen atoms in total. The highest BCUT2D eigenvalue weighted by atomic mass is 16.5. The minimum atomic E-state index is -0.0890. The monoisotopic (exact) mass is 298 g/mol. The molecule has 0 saturated carbocycles. The molecule has 2 aromatic rings. The minimum Gasteiger partial charge on any atom is -0.496 e. The number of carbonyl (C=O) groups excluding carboxylic acids is 1. The summed E-state index contributed by atoms with van der Waals surface area (Å²) in [6.45, 7) is 2.46. The molecule has 0 atom stereocenters. The molecule has 0 bridgehead atoms. The second-order valence-electron chi connectivity index (χ2n) is 5.44. The Morgan fingerprint density at radius 1 is 1.14 bits per heavy atom. The third-order valence-electron chi connectivity index (χ3n) is 3.52. The minimum absolute atomic E-state index is 0.0890. The Kier molecular flexibility index (Phi) is 5.04. The molecule has 0 aliphatic carbocycles. The number of aryl methyl sites for hydroxylation is 1. The smallest absolute Gasteiger partial charge is 0.251 e. The number of anilines is 1. The maximum Gasteiger partial charge on any atom is 0.251 e. The molecule has 4 heteroatoms. The largest absolute Gasteiger partial charge is 0.496 e. The quantitative estimate of drug-likeness (QED) is 0.922. The van der Waals surface area contributed by atoms with Gasteiger partial charge in [-0.2, -0.15) is 0 Å². The van der Waals surface area contributed by atoms with Gasteiger partial charge in [-0.3, -0.25) is 4.79 Å². The first-order valence-electron chi connectivity index (χ1n) is 7.20. The summed E-state index contributed by atoms with van der Waals surface area (Å²) in [4.78, 5) is 14.2. The van der Waals surface area contributed by atoms with Crippen molar-refractivity contribution in [3.63, 3.8) is 0 Å². The zero-order valence-electron chi connectivity index (χ0n) is 13.5. The lowest BCUT2D eigenvalue weighted by Crippen LogP contribution is -2.23. The average molecular weight is 298 g/mol. The molecule has 0 saturated heterocycles. The van der Waals surface area contributed by atoms with Crippen molar-refractivity contribution < 1.29 is 9.53 Å². The first-order valence-corrected chi connectivity index (χ1v) is 7.20. The van der Waals surface area contributed by atoms with E-state index >= 15 is 0 Å². The lowest BCUT2D eigenvalue weighted by molar-refractivity contribution is 0.0950. The van der Waals surface area contributed by atoms with Gasteiger partial charge in [-0.05, 0) is 37.3 Å². The number of methoxy groups -OCH3 is 1. The first-order chi connectivity index (χ1) is 10.5. The molecule has 0 radical (unpaired) electrons. The summed E-state index contributed by atoms with van der Waals surface area (Å²) < 4.78 is 5.32. The summed E-state index contributed by atoms with van der Waals surface area (Å²) in [6, 6.07) is 13.5. The van der Waals surface area contributed by atoms with Crippen LogP contribution in [0, 0.1) is 6.92 Å². The van der Waals surface area contributed by atoms with E-state index in [9.17, 15) is 4.79 Å². The zero-order chi connectivity index (χ0) is 16.1. The normalized spacial score (nSPS) is 10.2. The summed E-state index contributed by atoms with van der Waals surface area (Å²) >= 11 is 0. The van der Waals surface area contributed by atoms with Crippen molar-refractivity contribution in [1.29, 1.82) is 0 Å². The van der Waals surface area contributed by atoms with Crippen LogP contribution in [0.4, 0.5) is 5.69 Å². The Labute approximate surface area is 131 Å². The van der Waals surface area contributed by atoms with Crippen molar-refractivity contribution in [1.82, 2.24) is 5.32 Å². The van der Waals surface area contributed by atoms with Crippen LogP contribution in [-0.2, 0) is 6.54 Å². The molecule has 22 heavy (non-hydrogen) atoms. The van der Waals surface area contributed by atoms with Gasteiger partial charge in [0.2, 0.25) is 0 Å². The van der Waals surface area contributed by atoms with Crippen LogP contribution >= 0.6 is 0 Å². The van der Waals surface area contributed by atoms with Crippen LogP contribution < -0.4 is 15.0 Å². The van der Waals surface area contributed by atoms with Crippen molar-refractivity contribution in [3.8, 4) is 5.75 Å². The number of hydrogen-bond acceptors (Lipinski definition) is 3. The number of benzene rings is 2. The van der Waals surface area contributed by atoms with E-state index < -0.39 is 0 Å². The molecule has 0 unspecified atom stereocenters. The van der Waals surface area contributed by atoms with E-state index in [1.807, 2.05) is 68.4 Å². The van der Waals surface area contributed by atoms with Crippen molar-refractivity contribution in [3.05, 3.63) is 59.2 Å². The van der Waals surface area contributed by atoms with Gasteiger partial charge in [-0.25, -0.2) is 0 Å². The number of nitrogens with zero attached hydrogens (tertiary/aromatic N) is 1. The maximum absolute atomic E-state index is 12.2. The Balaban J connectivity index is 2.05. The van der Waals surface area contributed by atoms with Crippen LogP contribution in [0.2, 0.25) is 0 Å². The fourth-order valence-corrected chi connectivity index (χ4v) is 2.23. The third kappa shape index (κ3) is 3.79. The first kappa shape index (κ1) is 15.9. The van der Waals surface area contributed by atoms with Crippen molar-refractivity contribution in [2.75, 3.05) is 26.1 Å². The lowest BCUT2D eigenvalue weighted by Gasteiger charge is -2.13. The van der Waals surface area contributed by atoms with E-state index in [1.54, 1.807) is 7.11 Å². The Bertz CT molecular complexity index is 649. The summed E-state index contributed by atoms with van der Waals surface area (Å²) in [6.07, 6.45) is 0. The topological polar surface area (TPSA) is 41.6 Å². The second-order valence-corrected chi connectivity index (χ2v) is 5.44. The van der Waals surface area contributed by atoms with E-state index in [0.29, 0.717) is 12.1 Å². The Hall–Kier alpha value is -2.49. The molecule has 2 rings (SSSR count). The summed E-state index contributed by atoms with van der Waals surface area (Å²) in [5.41, 5.74) is 3.83. The van der Waals surface area contributed by atoms with E-state index in [0.717, 1.165) is 22.6 Å². The van der Waals surface area contributed by atoms with Crippen LogP contribution in [0.3, 0.4) is 0 Å². The van der Waals surface area contributed by atoms with E-state index in [-0.39, 0.29) is 5.91 Å². The predicted octanol–water partition coefficient (Wildman–Crippen LogP) is 3.00. The summed E-state index contributed by atoms with van der Waals surface area (Å²) in [5.74, 6) is 0.697. The molecule has 0 aliphatic heterocycles. The van der Waals surface area contributed by atoms with Gasteiger partial charge in [0.15, 0.2) is 0 Å². The number of carbonyl (C=O) groups is 1. The van der Waals surface area contributed by atoms with Gasteiger partial charge in [-0.15, -0.1) is 0 Å². The van der Waals surface area contributed by atoms with E-state index in [1.165, 1.54) is 0 Å². The second kappa shape index (κ2) is 6.98. The van der Waals surface area contributed by atoms with E-state index in [4.69, 9.17) is 4.74 Å². The molecule has 1 amide bonds. The molecule has 1 N–H and O–H groups in total. The van der Waals surface area contributed by atoms with Crippen LogP contribution in [0.25, 0.3) is 0 Å². The zero-order valence-corrected chi connectivity index (χ0v) is 13.5. The standard InChI is InChI=1S/C18H22N2O2/c1-13-5-10-17(22-4)15(11-13)12-19-18(21)14-6-8-16(9-7-14)20(2)3/h5-11H,12H2,1-4H3,(H,19,21). The van der Waals surface area contributed by atoms with Crippen LogP contribution in [-0.4, -0.2) is 27.1 Å². The maximum atomic E-state index is 12.2. The number of rotatable bonds is 5. The Morgan fingerprint density at radius 2 is 1.82 bits per heavy atom. The number of nitrogens with one attached hydrogen (secondary N) is 1. The summed E-state index contributed by atoms with van der Waals surface area (Å²) in [7, 11) is 5.58. The number of amides is 1. The molecule has 0 heterocycles. The predicted molar refractivity (Wildman–Crippen MR) is 89.7 cm³/mol. The molecule has 2 aromatic carbocycles. The van der Waals surface area contributed by atoms with Crippen molar-refractivity contribution in [2.24, 2.45) is 0 Å². The average Bonchev–Trinajstić information content (AvgIpc) is 2.52. The van der Waals surface area contributed by atoms with Gasteiger partial charge < -0.3 is 15.0 Å². The van der Waals surface area contributed by atoms with E-state index in [2.05, 4.69) is 5.32 Å². The highest BCUT2D eigenvalue weighted by Crippen LogP contribution is 2.19. The fourth-order valence-electron chi connectivity index (χ4n) is 2.23. The Morgan fingerprint density at radius 3 is 2.41 bits per heavy atom. The van der Waals surface area contributed by atoms with Crippen LogP contribution in [0.1, 0.15) is 21.5 Å². The molecular formula is C18H22N2O2. The van der Waals surface area contributed by atoms with Gasteiger partial charge in [0.1, 0.15) is 5.75 Å². The number of hydrogen-bond donors (Lipinski definition) is 1. The molecular weight excluding hydrogens is 276 g/mol.